The number of hydrogen-bond acceptors (Lipinski definition) is 4. The molecule has 100 valence electrons. The number of nitrogens with zero attached hydrogens (tertiary/aromatic N) is 4. The first kappa shape index (κ1) is 12.1. The molecule has 0 aliphatic heterocycles. The molecule has 3 rings (SSSR count). The van der Waals surface area contributed by atoms with E-state index >= 15 is 0 Å². The van der Waals surface area contributed by atoms with Gasteiger partial charge in [0.2, 0.25) is 5.91 Å². The highest BCUT2D eigenvalue weighted by Crippen LogP contribution is 2.25. The van der Waals surface area contributed by atoms with E-state index in [2.05, 4.69) is 20.3 Å². The molecule has 0 saturated heterocycles. The van der Waals surface area contributed by atoms with Gasteiger partial charge in [-0.05, 0) is 12.8 Å². The summed E-state index contributed by atoms with van der Waals surface area (Å²) in [6, 6.07) is 0. The number of imidazole rings is 1. The molecule has 0 radical (unpaired) electrons. The number of aryl methyl sites for hydroxylation is 1. The van der Waals surface area contributed by atoms with Crippen molar-refractivity contribution in [2.75, 3.05) is 5.32 Å². The topological polar surface area (TPSA) is 72.7 Å². The second kappa shape index (κ2) is 4.95. The van der Waals surface area contributed by atoms with Crippen LogP contribution in [0.25, 0.3) is 11.2 Å². The first-order chi connectivity index (χ1) is 9.25. The summed E-state index contributed by atoms with van der Waals surface area (Å²) in [6.45, 7) is 0. The van der Waals surface area contributed by atoms with Gasteiger partial charge in [-0.15, -0.1) is 0 Å². The Hall–Kier alpha value is -1.98. The van der Waals surface area contributed by atoms with Crippen molar-refractivity contribution in [2.24, 2.45) is 13.0 Å². The standard InChI is InChI=1S/C13H17N5O/c1-18-8-16-10-11(14-7-15-12(10)18)17-13(19)9-5-3-2-4-6-9/h7-9H,2-6H2,1H3,(H,14,15,17,19). The molecule has 1 fully saturated rings. The molecule has 1 aliphatic carbocycles. The highest BCUT2D eigenvalue weighted by atomic mass is 16.1. The van der Waals surface area contributed by atoms with Crippen LogP contribution >= 0.6 is 0 Å². The third-order valence-corrected chi connectivity index (χ3v) is 3.71. The van der Waals surface area contributed by atoms with Crippen LogP contribution in [0, 0.1) is 5.92 Å². The third-order valence-electron chi connectivity index (χ3n) is 3.71. The van der Waals surface area contributed by atoms with Crippen LogP contribution in [0.4, 0.5) is 5.82 Å². The van der Waals surface area contributed by atoms with E-state index in [9.17, 15) is 4.79 Å². The van der Waals surface area contributed by atoms with Crippen molar-refractivity contribution < 1.29 is 4.79 Å². The average molecular weight is 259 g/mol. The zero-order chi connectivity index (χ0) is 13.2. The smallest absolute Gasteiger partial charge is 0.228 e. The van der Waals surface area contributed by atoms with Crippen LogP contribution < -0.4 is 5.32 Å². The quantitative estimate of drug-likeness (QED) is 0.893. The highest BCUT2D eigenvalue weighted by molar-refractivity contribution is 5.97. The molecule has 6 heteroatoms. The average Bonchev–Trinajstić information content (AvgIpc) is 2.83. The van der Waals surface area contributed by atoms with Gasteiger partial charge in [0.1, 0.15) is 6.33 Å². The number of fused-ring (bicyclic) bond motifs is 1. The number of nitrogens with one attached hydrogen (secondary N) is 1. The van der Waals surface area contributed by atoms with Crippen molar-refractivity contribution in [3.63, 3.8) is 0 Å². The van der Waals surface area contributed by atoms with Crippen molar-refractivity contribution in [3.05, 3.63) is 12.7 Å². The predicted octanol–water partition coefficient (Wildman–Crippen LogP) is 1.88. The van der Waals surface area contributed by atoms with E-state index in [0.29, 0.717) is 11.3 Å². The summed E-state index contributed by atoms with van der Waals surface area (Å²) in [6.07, 6.45) is 8.60. The molecule has 2 aromatic rings. The number of aromatic nitrogens is 4. The van der Waals surface area contributed by atoms with Crippen LogP contribution in [0.3, 0.4) is 0 Å². The number of rotatable bonds is 2. The van der Waals surface area contributed by atoms with E-state index in [1.807, 2.05) is 11.6 Å². The van der Waals surface area contributed by atoms with E-state index in [4.69, 9.17) is 0 Å². The van der Waals surface area contributed by atoms with E-state index in [1.54, 1.807) is 6.33 Å². The van der Waals surface area contributed by atoms with Crippen molar-refractivity contribution in [1.29, 1.82) is 0 Å². The molecule has 2 aromatic heterocycles. The molecule has 1 N–H and O–H groups in total. The molecule has 0 bridgehead atoms. The fourth-order valence-electron chi connectivity index (χ4n) is 2.62. The normalized spacial score (nSPS) is 16.7. The molecule has 0 unspecified atom stereocenters. The van der Waals surface area contributed by atoms with Gasteiger partial charge < -0.3 is 9.88 Å². The van der Waals surface area contributed by atoms with E-state index < -0.39 is 0 Å². The number of anilines is 1. The Morgan fingerprint density at radius 3 is 2.84 bits per heavy atom. The fourth-order valence-corrected chi connectivity index (χ4v) is 2.62. The first-order valence-electron chi connectivity index (χ1n) is 6.68. The lowest BCUT2D eigenvalue weighted by molar-refractivity contribution is -0.120. The monoisotopic (exact) mass is 259 g/mol. The first-order valence-corrected chi connectivity index (χ1v) is 6.68. The highest BCUT2D eigenvalue weighted by Gasteiger charge is 2.22. The van der Waals surface area contributed by atoms with Gasteiger partial charge in [-0.1, -0.05) is 19.3 Å². The maximum absolute atomic E-state index is 12.2. The largest absolute Gasteiger partial charge is 0.318 e. The summed E-state index contributed by atoms with van der Waals surface area (Å²) in [7, 11) is 1.87. The maximum Gasteiger partial charge on any atom is 0.228 e. The van der Waals surface area contributed by atoms with Gasteiger partial charge in [-0.3, -0.25) is 4.79 Å². The minimum Gasteiger partial charge on any atom is -0.318 e. The zero-order valence-corrected chi connectivity index (χ0v) is 11.0. The van der Waals surface area contributed by atoms with E-state index in [0.717, 1.165) is 31.3 Å². The Labute approximate surface area is 111 Å². The van der Waals surface area contributed by atoms with Gasteiger partial charge in [0, 0.05) is 13.0 Å². The summed E-state index contributed by atoms with van der Waals surface area (Å²) in [5.41, 5.74) is 1.38. The molecular weight excluding hydrogens is 242 g/mol. The van der Waals surface area contributed by atoms with Crippen LogP contribution in [-0.4, -0.2) is 25.4 Å². The Balaban J connectivity index is 1.82. The summed E-state index contributed by atoms with van der Waals surface area (Å²) >= 11 is 0. The summed E-state index contributed by atoms with van der Waals surface area (Å²) in [5, 5.41) is 2.90. The molecule has 2 heterocycles. The molecular formula is C13H17N5O. The summed E-state index contributed by atoms with van der Waals surface area (Å²) in [4.78, 5) is 24.7. The summed E-state index contributed by atoms with van der Waals surface area (Å²) in [5.74, 6) is 0.689. The maximum atomic E-state index is 12.2. The molecule has 1 amide bonds. The Morgan fingerprint density at radius 2 is 2.05 bits per heavy atom. The van der Waals surface area contributed by atoms with Crippen molar-refractivity contribution in [2.45, 2.75) is 32.1 Å². The second-order valence-corrected chi connectivity index (χ2v) is 5.07. The second-order valence-electron chi connectivity index (χ2n) is 5.07. The van der Waals surface area contributed by atoms with Crippen molar-refractivity contribution in [1.82, 2.24) is 19.5 Å². The molecule has 6 nitrogen and oxygen atoms in total. The van der Waals surface area contributed by atoms with E-state index in [1.165, 1.54) is 12.7 Å². The van der Waals surface area contributed by atoms with Gasteiger partial charge in [-0.25, -0.2) is 15.0 Å². The number of hydrogen-bond donors (Lipinski definition) is 1. The predicted molar refractivity (Wildman–Crippen MR) is 71.5 cm³/mol. The lowest BCUT2D eigenvalue weighted by atomic mass is 9.89. The Kier molecular flexibility index (Phi) is 3.15. The zero-order valence-electron chi connectivity index (χ0n) is 11.0. The summed E-state index contributed by atoms with van der Waals surface area (Å²) < 4.78 is 1.81. The van der Waals surface area contributed by atoms with Crippen LogP contribution in [0.15, 0.2) is 12.7 Å². The number of amides is 1. The Bertz CT molecular complexity index is 600. The van der Waals surface area contributed by atoms with Crippen molar-refractivity contribution >= 4 is 22.9 Å². The van der Waals surface area contributed by atoms with Crippen LogP contribution in [-0.2, 0) is 11.8 Å². The lowest BCUT2D eigenvalue weighted by Crippen LogP contribution is -2.25. The van der Waals surface area contributed by atoms with Gasteiger partial charge in [0.25, 0.3) is 0 Å². The molecule has 1 aliphatic rings. The van der Waals surface area contributed by atoms with Crippen LogP contribution in [0.2, 0.25) is 0 Å². The molecule has 0 spiro atoms. The van der Waals surface area contributed by atoms with Gasteiger partial charge >= 0.3 is 0 Å². The van der Waals surface area contributed by atoms with Gasteiger partial charge in [0.15, 0.2) is 17.0 Å². The van der Waals surface area contributed by atoms with Crippen LogP contribution in [0.5, 0.6) is 0 Å². The SMILES string of the molecule is Cn1cnc2c(NC(=O)C3CCCCC3)ncnc21. The number of carbonyl (C=O) groups is 1. The molecule has 0 atom stereocenters. The van der Waals surface area contributed by atoms with Gasteiger partial charge in [0.05, 0.1) is 6.33 Å². The van der Waals surface area contributed by atoms with Crippen molar-refractivity contribution in [3.8, 4) is 0 Å². The van der Waals surface area contributed by atoms with Crippen LogP contribution in [0.1, 0.15) is 32.1 Å². The van der Waals surface area contributed by atoms with E-state index in [-0.39, 0.29) is 11.8 Å². The Morgan fingerprint density at radius 1 is 1.26 bits per heavy atom. The lowest BCUT2D eigenvalue weighted by Gasteiger charge is -2.20. The van der Waals surface area contributed by atoms with Gasteiger partial charge in [-0.2, -0.15) is 0 Å². The molecule has 19 heavy (non-hydrogen) atoms. The minimum absolute atomic E-state index is 0.0605. The third kappa shape index (κ3) is 2.30. The number of carbonyl (C=O) groups excluding carboxylic acids is 1. The molecule has 1 saturated carbocycles. The fraction of sp³-hybridized carbons (Fsp3) is 0.538. The minimum atomic E-state index is 0.0605. The molecule has 0 aromatic carbocycles.